The number of anilines is 2. The summed E-state index contributed by atoms with van der Waals surface area (Å²) in [5.41, 5.74) is 9.41. The summed E-state index contributed by atoms with van der Waals surface area (Å²) in [6, 6.07) is 2.10. The van der Waals surface area contributed by atoms with Crippen molar-refractivity contribution in [1.82, 2.24) is 9.97 Å². The summed E-state index contributed by atoms with van der Waals surface area (Å²) in [4.78, 5) is 10.8. The Morgan fingerprint density at radius 3 is 2.76 bits per heavy atom. The van der Waals surface area contributed by atoms with E-state index in [1.54, 1.807) is 18.0 Å². The molecule has 0 aliphatic carbocycles. The zero-order valence-corrected chi connectivity index (χ0v) is 21.6. The number of nitrogen functional groups attached to an aromatic ring is 1. The van der Waals surface area contributed by atoms with Gasteiger partial charge in [-0.1, -0.05) is 18.6 Å². The molecule has 0 radical (unpaired) electrons. The molecule has 6 nitrogen and oxygen atoms in total. The molecule has 2 N–H and O–H groups in total. The molecule has 1 saturated heterocycles. The lowest BCUT2D eigenvalue weighted by atomic mass is 9.85. The van der Waals surface area contributed by atoms with Crippen molar-refractivity contribution in [3.05, 3.63) is 56.4 Å². The molecule has 1 atom stereocenters. The van der Waals surface area contributed by atoms with Crippen LogP contribution in [0.15, 0.2) is 17.8 Å². The Morgan fingerprint density at radius 2 is 2.11 bits per heavy atom. The van der Waals surface area contributed by atoms with Crippen LogP contribution in [0.5, 0.6) is 0 Å². The molecule has 5 rings (SSSR count). The van der Waals surface area contributed by atoms with Crippen molar-refractivity contribution in [2.75, 3.05) is 23.7 Å². The van der Waals surface area contributed by atoms with Gasteiger partial charge < -0.3 is 15.4 Å². The maximum atomic E-state index is 16.7. The minimum atomic E-state index is -0.983. The number of nitriles is 1. The summed E-state index contributed by atoms with van der Waals surface area (Å²) < 4.78 is 51.4. The van der Waals surface area contributed by atoms with Crippen LogP contribution in [0.2, 0.25) is 0 Å². The molecular formula is C27H26F3N5OS. The predicted molar refractivity (Wildman–Crippen MR) is 140 cm³/mol. The fraction of sp³-hybridized carbons (Fsp3) is 0.370. The first-order valence-corrected chi connectivity index (χ1v) is 12.9. The molecule has 3 aromatic rings. The van der Waals surface area contributed by atoms with Gasteiger partial charge in [-0.15, -0.1) is 11.3 Å². The average Bonchev–Trinajstić information content (AvgIpc) is 3.64. The largest absolute Gasteiger partial charge is 0.389 e. The average molecular weight is 526 g/mol. The van der Waals surface area contributed by atoms with E-state index in [-0.39, 0.29) is 57.8 Å². The number of alkyl halides is 1. The Kier molecular flexibility index (Phi) is 6.68. The minimum Gasteiger partial charge on any atom is -0.389 e. The third-order valence-electron chi connectivity index (χ3n) is 7.08. The van der Waals surface area contributed by atoms with E-state index in [2.05, 4.69) is 16.0 Å². The van der Waals surface area contributed by atoms with Crippen LogP contribution in [0.3, 0.4) is 0 Å². The molecule has 0 amide bonds. The van der Waals surface area contributed by atoms with Crippen molar-refractivity contribution in [3.63, 3.8) is 0 Å². The van der Waals surface area contributed by atoms with Gasteiger partial charge in [0.1, 0.15) is 28.6 Å². The van der Waals surface area contributed by atoms with Gasteiger partial charge >= 0.3 is 0 Å². The number of fused-ring (bicyclic) bond motifs is 3. The fourth-order valence-corrected chi connectivity index (χ4v) is 6.03. The zero-order chi connectivity index (χ0) is 26.4. The van der Waals surface area contributed by atoms with E-state index in [0.717, 1.165) is 22.5 Å². The number of halogens is 3. The summed E-state index contributed by atoms with van der Waals surface area (Å²) in [6.07, 6.45) is 2.77. The lowest BCUT2D eigenvalue weighted by Gasteiger charge is -2.20. The van der Waals surface area contributed by atoms with E-state index < -0.39 is 17.8 Å². The third kappa shape index (κ3) is 4.06. The summed E-state index contributed by atoms with van der Waals surface area (Å²) in [6.45, 7) is 6.30. The third-order valence-corrected chi connectivity index (χ3v) is 8.10. The van der Waals surface area contributed by atoms with Gasteiger partial charge in [-0.2, -0.15) is 5.26 Å². The Labute approximate surface area is 216 Å². The van der Waals surface area contributed by atoms with Crippen LogP contribution in [0.1, 0.15) is 66.3 Å². The second-order valence-electron chi connectivity index (χ2n) is 9.21. The second kappa shape index (κ2) is 9.80. The van der Waals surface area contributed by atoms with Crippen molar-refractivity contribution < 1.29 is 17.9 Å². The first kappa shape index (κ1) is 25.2. The number of hydrogen-bond acceptors (Lipinski definition) is 7. The van der Waals surface area contributed by atoms with E-state index in [9.17, 15) is 9.65 Å². The number of allylic oxidation sites excluding steroid dienone is 2. The van der Waals surface area contributed by atoms with Gasteiger partial charge in [0.15, 0.2) is 5.82 Å². The second-order valence-corrected chi connectivity index (χ2v) is 10.3. The maximum absolute atomic E-state index is 16.7. The van der Waals surface area contributed by atoms with Crippen molar-refractivity contribution in [1.29, 1.82) is 5.26 Å². The van der Waals surface area contributed by atoms with Crippen LogP contribution in [0.4, 0.5) is 24.1 Å². The molecule has 2 aliphatic rings. The van der Waals surface area contributed by atoms with Gasteiger partial charge in [0.05, 0.1) is 30.2 Å². The van der Waals surface area contributed by atoms with Gasteiger partial charge in [0.2, 0.25) is 5.95 Å². The molecule has 0 saturated carbocycles. The number of rotatable bonds is 5. The molecule has 0 spiro atoms. The standard InChI is InChI=1S/C27H26F3N5OS/c1-4-13(3)20(22-15(8-31)26(32)37-25(22)19(29)5-2)21-18-12-36-11-17(18)16-9-33-27(34-24(16)23(21)30)35-7-6-14(28)10-35/h5,9,14H,4,6-7,10-12,32H2,1-3H3/b19-5+,20-13+. The fourth-order valence-electron chi connectivity index (χ4n) is 5.04. The predicted octanol–water partition coefficient (Wildman–Crippen LogP) is 6.42. The lowest BCUT2D eigenvalue weighted by molar-refractivity contribution is 0.134. The first-order valence-electron chi connectivity index (χ1n) is 12.1. The quantitative estimate of drug-likeness (QED) is 0.413. The Morgan fingerprint density at radius 1 is 1.35 bits per heavy atom. The van der Waals surface area contributed by atoms with E-state index in [1.165, 1.54) is 6.08 Å². The lowest BCUT2D eigenvalue weighted by Crippen LogP contribution is -2.22. The van der Waals surface area contributed by atoms with Gasteiger partial charge in [-0.25, -0.2) is 23.1 Å². The molecule has 37 heavy (non-hydrogen) atoms. The van der Waals surface area contributed by atoms with Crippen molar-refractivity contribution >= 4 is 44.6 Å². The minimum absolute atomic E-state index is 0.0859. The Balaban J connectivity index is 1.85. The van der Waals surface area contributed by atoms with Gasteiger partial charge in [-0.3, -0.25) is 0 Å². The highest BCUT2D eigenvalue weighted by molar-refractivity contribution is 7.17. The van der Waals surface area contributed by atoms with Crippen LogP contribution in [-0.2, 0) is 18.0 Å². The zero-order valence-electron chi connectivity index (χ0n) is 20.8. The number of nitrogens with two attached hydrogens (primary N) is 1. The smallest absolute Gasteiger partial charge is 0.226 e. The van der Waals surface area contributed by atoms with Crippen LogP contribution < -0.4 is 10.6 Å². The van der Waals surface area contributed by atoms with Crippen LogP contribution in [-0.4, -0.2) is 29.2 Å². The molecule has 192 valence electrons. The number of nitrogens with zero attached hydrogens (tertiary/aromatic N) is 4. The van der Waals surface area contributed by atoms with E-state index in [1.807, 2.05) is 13.8 Å². The van der Waals surface area contributed by atoms with Gasteiger partial charge in [0, 0.05) is 29.3 Å². The van der Waals surface area contributed by atoms with Gasteiger partial charge in [-0.05, 0) is 43.4 Å². The number of thiophene rings is 1. The SMILES string of the molecule is C/C=C(/F)c1sc(N)c(C#N)c1/C(=C(\C)CC)c1c2c(c3cnc(N4CCC(F)C4)nc3c1F)COC2. The molecule has 2 aromatic heterocycles. The van der Waals surface area contributed by atoms with Crippen molar-refractivity contribution in [2.45, 2.75) is 53.0 Å². The van der Waals surface area contributed by atoms with Crippen molar-refractivity contribution in [2.24, 2.45) is 0 Å². The first-order chi connectivity index (χ1) is 17.8. The highest BCUT2D eigenvalue weighted by Gasteiger charge is 2.33. The molecule has 0 bridgehead atoms. The highest BCUT2D eigenvalue weighted by Crippen LogP contribution is 2.47. The Hall–Kier alpha value is -3.42. The molecule has 4 heterocycles. The van der Waals surface area contributed by atoms with Crippen LogP contribution >= 0.6 is 11.3 Å². The highest BCUT2D eigenvalue weighted by atomic mass is 32.1. The summed E-state index contributed by atoms with van der Waals surface area (Å²) in [5, 5.41) is 10.7. The van der Waals surface area contributed by atoms with E-state index in [4.69, 9.17) is 10.5 Å². The molecule has 10 heteroatoms. The number of hydrogen-bond donors (Lipinski definition) is 1. The summed E-state index contributed by atoms with van der Waals surface area (Å²) in [5.74, 6) is -0.891. The molecule has 1 unspecified atom stereocenters. The molecular weight excluding hydrogens is 499 g/mol. The van der Waals surface area contributed by atoms with Crippen LogP contribution in [0, 0.1) is 17.1 Å². The maximum Gasteiger partial charge on any atom is 0.226 e. The summed E-state index contributed by atoms with van der Waals surface area (Å²) >= 11 is 0.968. The number of ether oxygens (including phenoxy) is 1. The topological polar surface area (TPSA) is 88.1 Å². The molecule has 1 aromatic carbocycles. The van der Waals surface area contributed by atoms with Crippen molar-refractivity contribution in [3.8, 4) is 6.07 Å². The summed E-state index contributed by atoms with van der Waals surface area (Å²) in [7, 11) is 0. The molecule has 1 fully saturated rings. The van der Waals surface area contributed by atoms with Gasteiger partial charge in [0.25, 0.3) is 0 Å². The Bertz CT molecular complexity index is 1520. The molecule has 2 aliphatic heterocycles. The van der Waals surface area contributed by atoms with E-state index >= 15 is 8.78 Å². The van der Waals surface area contributed by atoms with Crippen LogP contribution in [0.25, 0.3) is 22.3 Å². The normalized spacial score (nSPS) is 18.4. The van der Waals surface area contributed by atoms with E-state index in [0.29, 0.717) is 35.9 Å². The number of benzene rings is 1. The number of aromatic nitrogens is 2. The monoisotopic (exact) mass is 525 g/mol.